The van der Waals surface area contributed by atoms with E-state index in [1.165, 1.54) is 24.0 Å². The van der Waals surface area contributed by atoms with Gasteiger partial charge in [-0.25, -0.2) is 0 Å². The first-order chi connectivity index (χ1) is 9.22. The number of benzene rings is 1. The van der Waals surface area contributed by atoms with Crippen molar-refractivity contribution in [1.82, 2.24) is 10.6 Å². The summed E-state index contributed by atoms with van der Waals surface area (Å²) < 4.78 is 0. The fourth-order valence-corrected chi connectivity index (χ4v) is 2.84. The second-order valence-electron chi connectivity index (χ2n) is 5.96. The molecule has 0 spiro atoms. The Kier molecular flexibility index (Phi) is 3.56. The molecule has 1 fully saturated rings. The minimum Gasteiger partial charge on any atom is -0.350 e. The van der Waals surface area contributed by atoms with Gasteiger partial charge in [-0.2, -0.15) is 0 Å². The average molecular weight is 258 g/mol. The Hall–Kier alpha value is -1.35. The van der Waals surface area contributed by atoms with Gasteiger partial charge < -0.3 is 10.6 Å². The van der Waals surface area contributed by atoms with Crippen molar-refractivity contribution in [1.29, 1.82) is 0 Å². The smallest absolute Gasteiger partial charge is 0.251 e. The normalized spacial score (nSPS) is 19.6. The summed E-state index contributed by atoms with van der Waals surface area (Å²) in [5, 5.41) is 6.47. The molecule has 3 rings (SSSR count). The number of nitrogens with one attached hydrogen (secondary N) is 2. The lowest BCUT2D eigenvalue weighted by Gasteiger charge is -2.18. The third-order valence-corrected chi connectivity index (χ3v) is 4.12. The standard InChI is InChI=1S/C16H22N2O/c1-11(8-12-2-3-12)18-16(19)14-5-4-13-6-7-17-10-15(13)9-14/h4-5,9,11-12,17H,2-3,6-8,10H2,1H3,(H,18,19). The zero-order valence-electron chi connectivity index (χ0n) is 11.5. The van der Waals surface area contributed by atoms with Gasteiger partial charge in [0, 0.05) is 18.2 Å². The number of hydrogen-bond donors (Lipinski definition) is 2. The van der Waals surface area contributed by atoms with E-state index in [2.05, 4.69) is 23.6 Å². The highest BCUT2D eigenvalue weighted by atomic mass is 16.1. The fourth-order valence-electron chi connectivity index (χ4n) is 2.84. The molecule has 1 aliphatic heterocycles. The van der Waals surface area contributed by atoms with Crippen molar-refractivity contribution >= 4 is 5.91 Å². The Bertz CT molecular complexity index is 480. The van der Waals surface area contributed by atoms with Crippen molar-refractivity contribution in [2.75, 3.05) is 6.54 Å². The molecule has 0 saturated heterocycles. The predicted octanol–water partition coefficient (Wildman–Crippen LogP) is 2.25. The molecule has 0 radical (unpaired) electrons. The molecule has 1 saturated carbocycles. The fraction of sp³-hybridized carbons (Fsp3) is 0.562. The SMILES string of the molecule is CC(CC1CC1)NC(=O)c1ccc2c(c1)CNCC2. The third kappa shape index (κ3) is 3.16. The van der Waals surface area contributed by atoms with E-state index in [4.69, 9.17) is 0 Å². The van der Waals surface area contributed by atoms with Crippen LogP contribution in [-0.2, 0) is 13.0 Å². The first-order valence-electron chi connectivity index (χ1n) is 7.36. The number of rotatable bonds is 4. The highest BCUT2D eigenvalue weighted by molar-refractivity contribution is 5.94. The second kappa shape index (κ2) is 5.33. The lowest BCUT2D eigenvalue weighted by atomic mass is 9.98. The number of fused-ring (bicyclic) bond motifs is 1. The highest BCUT2D eigenvalue weighted by Gasteiger charge is 2.24. The molecule has 1 aromatic rings. The topological polar surface area (TPSA) is 41.1 Å². The number of hydrogen-bond acceptors (Lipinski definition) is 2. The van der Waals surface area contributed by atoms with Gasteiger partial charge in [0.05, 0.1) is 0 Å². The molecule has 0 bridgehead atoms. The first kappa shape index (κ1) is 12.7. The van der Waals surface area contributed by atoms with Crippen molar-refractivity contribution < 1.29 is 4.79 Å². The van der Waals surface area contributed by atoms with E-state index in [0.29, 0.717) is 0 Å². The quantitative estimate of drug-likeness (QED) is 0.869. The van der Waals surface area contributed by atoms with Crippen LogP contribution in [0.3, 0.4) is 0 Å². The van der Waals surface area contributed by atoms with Gasteiger partial charge in [-0.3, -0.25) is 4.79 Å². The Morgan fingerprint density at radius 3 is 3.05 bits per heavy atom. The summed E-state index contributed by atoms with van der Waals surface area (Å²) in [6.07, 6.45) is 4.86. The van der Waals surface area contributed by atoms with Crippen LogP contribution >= 0.6 is 0 Å². The second-order valence-corrected chi connectivity index (χ2v) is 5.96. The van der Waals surface area contributed by atoms with Gasteiger partial charge in [0.2, 0.25) is 0 Å². The summed E-state index contributed by atoms with van der Waals surface area (Å²) in [6, 6.07) is 6.40. The van der Waals surface area contributed by atoms with Crippen molar-refractivity contribution in [3.05, 3.63) is 34.9 Å². The van der Waals surface area contributed by atoms with Gasteiger partial charge in [0.1, 0.15) is 0 Å². The Labute approximate surface area is 114 Å². The minimum absolute atomic E-state index is 0.0709. The van der Waals surface area contributed by atoms with Crippen LogP contribution in [0.25, 0.3) is 0 Å². The number of amides is 1. The molecule has 1 unspecified atom stereocenters. The van der Waals surface area contributed by atoms with E-state index in [1.54, 1.807) is 0 Å². The molecule has 1 heterocycles. The maximum absolute atomic E-state index is 12.2. The van der Waals surface area contributed by atoms with E-state index in [-0.39, 0.29) is 11.9 Å². The average Bonchev–Trinajstić information content (AvgIpc) is 3.21. The van der Waals surface area contributed by atoms with Crippen molar-refractivity contribution in [2.45, 2.75) is 45.2 Å². The van der Waals surface area contributed by atoms with Crippen LogP contribution in [0.1, 0.15) is 47.7 Å². The van der Waals surface area contributed by atoms with Crippen LogP contribution in [-0.4, -0.2) is 18.5 Å². The van der Waals surface area contributed by atoms with Crippen LogP contribution in [0.2, 0.25) is 0 Å². The summed E-state index contributed by atoms with van der Waals surface area (Å²) in [7, 11) is 0. The largest absolute Gasteiger partial charge is 0.350 e. The summed E-state index contributed by atoms with van der Waals surface area (Å²) in [5.74, 6) is 0.921. The molecule has 2 aliphatic rings. The van der Waals surface area contributed by atoms with Gasteiger partial charge in [-0.05, 0) is 55.5 Å². The zero-order valence-corrected chi connectivity index (χ0v) is 11.5. The van der Waals surface area contributed by atoms with Crippen LogP contribution in [0.15, 0.2) is 18.2 Å². The molecule has 3 nitrogen and oxygen atoms in total. The Balaban J connectivity index is 1.65. The van der Waals surface area contributed by atoms with Gasteiger partial charge in [-0.1, -0.05) is 18.9 Å². The zero-order chi connectivity index (χ0) is 13.2. The minimum atomic E-state index is 0.0709. The first-order valence-corrected chi connectivity index (χ1v) is 7.36. The summed E-state index contributed by atoms with van der Waals surface area (Å²) in [6.45, 7) is 4.03. The maximum atomic E-state index is 12.2. The molecule has 1 aliphatic carbocycles. The monoisotopic (exact) mass is 258 g/mol. The van der Waals surface area contributed by atoms with Gasteiger partial charge in [-0.15, -0.1) is 0 Å². The van der Waals surface area contributed by atoms with Gasteiger partial charge in [0.25, 0.3) is 5.91 Å². The van der Waals surface area contributed by atoms with Crippen molar-refractivity contribution in [3.8, 4) is 0 Å². The summed E-state index contributed by atoms with van der Waals surface area (Å²) in [5.41, 5.74) is 3.44. The molecule has 2 N–H and O–H groups in total. The molecule has 3 heteroatoms. The Morgan fingerprint density at radius 2 is 2.26 bits per heavy atom. The van der Waals surface area contributed by atoms with Crippen LogP contribution < -0.4 is 10.6 Å². The highest BCUT2D eigenvalue weighted by Crippen LogP contribution is 2.33. The summed E-state index contributed by atoms with van der Waals surface area (Å²) >= 11 is 0. The van der Waals surface area contributed by atoms with E-state index < -0.39 is 0 Å². The van der Waals surface area contributed by atoms with Gasteiger partial charge >= 0.3 is 0 Å². The van der Waals surface area contributed by atoms with Crippen molar-refractivity contribution in [2.24, 2.45) is 5.92 Å². The maximum Gasteiger partial charge on any atom is 0.251 e. The van der Waals surface area contributed by atoms with E-state index in [0.717, 1.165) is 37.4 Å². The molecule has 1 aromatic carbocycles. The summed E-state index contributed by atoms with van der Waals surface area (Å²) in [4.78, 5) is 12.2. The lowest BCUT2D eigenvalue weighted by molar-refractivity contribution is 0.0937. The molecular formula is C16H22N2O. The number of carbonyl (C=O) groups excluding carboxylic acids is 1. The lowest BCUT2D eigenvalue weighted by Crippen LogP contribution is -2.33. The van der Waals surface area contributed by atoms with Crippen LogP contribution in [0, 0.1) is 5.92 Å². The third-order valence-electron chi connectivity index (χ3n) is 4.12. The molecule has 102 valence electrons. The van der Waals surface area contributed by atoms with Crippen LogP contribution in [0.4, 0.5) is 0 Å². The van der Waals surface area contributed by atoms with Crippen LogP contribution in [0.5, 0.6) is 0 Å². The van der Waals surface area contributed by atoms with Gasteiger partial charge in [0.15, 0.2) is 0 Å². The molecule has 1 atom stereocenters. The van der Waals surface area contributed by atoms with E-state index in [9.17, 15) is 4.79 Å². The Morgan fingerprint density at radius 1 is 1.42 bits per heavy atom. The predicted molar refractivity (Wildman–Crippen MR) is 76.1 cm³/mol. The number of carbonyl (C=O) groups is 1. The molecule has 0 aromatic heterocycles. The molecular weight excluding hydrogens is 236 g/mol. The molecule has 19 heavy (non-hydrogen) atoms. The van der Waals surface area contributed by atoms with E-state index >= 15 is 0 Å². The van der Waals surface area contributed by atoms with E-state index in [1.807, 2.05) is 12.1 Å². The molecule has 1 amide bonds. The van der Waals surface area contributed by atoms with Crippen molar-refractivity contribution in [3.63, 3.8) is 0 Å².